The van der Waals surface area contributed by atoms with Crippen LogP contribution in [0.3, 0.4) is 0 Å². The molecule has 2 aromatic carbocycles. The van der Waals surface area contributed by atoms with Gasteiger partial charge in [0.2, 0.25) is 5.91 Å². The molecule has 1 aromatic heterocycles. The highest BCUT2D eigenvalue weighted by Gasteiger charge is 2.37. The average molecular weight is 556 g/mol. The summed E-state index contributed by atoms with van der Waals surface area (Å²) >= 11 is 0. The van der Waals surface area contributed by atoms with Crippen molar-refractivity contribution in [2.24, 2.45) is 0 Å². The Morgan fingerprint density at radius 1 is 1.00 bits per heavy atom. The van der Waals surface area contributed by atoms with Crippen LogP contribution in [-0.2, 0) is 24.4 Å². The van der Waals surface area contributed by atoms with Gasteiger partial charge in [-0.1, -0.05) is 18.2 Å². The summed E-state index contributed by atoms with van der Waals surface area (Å²) in [5.74, 6) is 0.786. The molecule has 0 saturated carbocycles. The number of rotatable bonds is 6. The van der Waals surface area contributed by atoms with E-state index >= 15 is 0 Å². The van der Waals surface area contributed by atoms with E-state index in [9.17, 15) is 9.59 Å². The van der Waals surface area contributed by atoms with Gasteiger partial charge in [-0.25, -0.2) is 0 Å². The van der Waals surface area contributed by atoms with E-state index in [1.165, 1.54) is 5.56 Å². The number of amides is 2. The number of hydrogen-bond acceptors (Lipinski definition) is 6. The monoisotopic (exact) mass is 555 g/mol. The number of benzene rings is 2. The maximum absolute atomic E-state index is 14.3. The van der Waals surface area contributed by atoms with Gasteiger partial charge in [0.25, 0.3) is 5.91 Å². The lowest BCUT2D eigenvalue weighted by Gasteiger charge is -2.34. The summed E-state index contributed by atoms with van der Waals surface area (Å²) < 4.78 is 5.60. The molecule has 3 aromatic rings. The number of para-hydroxylation sites is 1. The van der Waals surface area contributed by atoms with Crippen molar-refractivity contribution in [2.45, 2.75) is 57.9 Å². The lowest BCUT2D eigenvalue weighted by Crippen LogP contribution is -2.45. The molecule has 2 bridgehead atoms. The first-order valence-electron chi connectivity index (χ1n) is 14.5. The van der Waals surface area contributed by atoms with Crippen molar-refractivity contribution in [3.63, 3.8) is 0 Å². The number of nitrogens with zero attached hydrogens (tertiary/aromatic N) is 5. The number of methoxy groups -OCH3 is 1. The Morgan fingerprint density at radius 3 is 2.49 bits per heavy atom. The lowest BCUT2D eigenvalue weighted by molar-refractivity contribution is -0.116. The SMILES string of the molecule is COc1ccc(C(=O)N2Cc3ccccc3N(C(C)=O)CC[C@H]3CC[C@@H](C2)N3Cc2ccncc2)cc1CN(C)C. The van der Waals surface area contributed by atoms with Gasteiger partial charge in [0.05, 0.1) is 7.11 Å². The molecule has 8 nitrogen and oxygen atoms in total. The topological polar surface area (TPSA) is 69.2 Å². The Labute approximate surface area is 243 Å². The van der Waals surface area contributed by atoms with Crippen LogP contribution in [0.15, 0.2) is 67.0 Å². The largest absolute Gasteiger partial charge is 0.496 e. The molecular weight excluding hydrogens is 514 g/mol. The fourth-order valence-corrected chi connectivity index (χ4v) is 6.35. The summed E-state index contributed by atoms with van der Waals surface area (Å²) in [5, 5.41) is 0. The smallest absolute Gasteiger partial charge is 0.254 e. The number of pyridine rings is 1. The molecule has 216 valence electrons. The van der Waals surface area contributed by atoms with Gasteiger partial charge in [-0.2, -0.15) is 0 Å². The van der Waals surface area contributed by atoms with E-state index in [-0.39, 0.29) is 17.9 Å². The minimum absolute atomic E-state index is 0.0107. The van der Waals surface area contributed by atoms with Crippen LogP contribution >= 0.6 is 0 Å². The highest BCUT2D eigenvalue weighted by molar-refractivity contribution is 5.95. The first-order valence-corrected chi connectivity index (χ1v) is 14.5. The van der Waals surface area contributed by atoms with E-state index < -0.39 is 0 Å². The minimum atomic E-state index is -0.0107. The van der Waals surface area contributed by atoms with Crippen molar-refractivity contribution >= 4 is 17.5 Å². The Hall–Kier alpha value is -3.75. The zero-order valence-electron chi connectivity index (χ0n) is 24.6. The number of ether oxygens (including phenoxy) is 1. The molecule has 1 saturated heterocycles. The number of carbonyl (C=O) groups is 2. The van der Waals surface area contributed by atoms with E-state index in [0.717, 1.165) is 48.4 Å². The van der Waals surface area contributed by atoms with Gasteiger partial charge in [0.1, 0.15) is 5.75 Å². The molecule has 0 unspecified atom stereocenters. The molecule has 2 amide bonds. The molecule has 2 aliphatic rings. The van der Waals surface area contributed by atoms with Crippen LogP contribution in [0.25, 0.3) is 0 Å². The van der Waals surface area contributed by atoms with Crippen LogP contribution in [0.2, 0.25) is 0 Å². The first kappa shape index (κ1) is 28.8. The summed E-state index contributed by atoms with van der Waals surface area (Å²) in [6.07, 6.45) is 6.61. The zero-order valence-corrected chi connectivity index (χ0v) is 24.6. The van der Waals surface area contributed by atoms with E-state index in [2.05, 4.69) is 26.9 Å². The van der Waals surface area contributed by atoms with Gasteiger partial charge in [-0.15, -0.1) is 0 Å². The molecule has 1 fully saturated rings. The molecule has 2 atom stereocenters. The highest BCUT2D eigenvalue weighted by Crippen LogP contribution is 2.33. The molecule has 5 rings (SSSR count). The third-order valence-corrected chi connectivity index (χ3v) is 8.33. The Morgan fingerprint density at radius 2 is 1.76 bits per heavy atom. The third kappa shape index (κ3) is 6.60. The molecule has 0 N–H and O–H groups in total. The maximum Gasteiger partial charge on any atom is 0.254 e. The maximum atomic E-state index is 14.3. The summed E-state index contributed by atoms with van der Waals surface area (Å²) in [6, 6.07) is 18.4. The second kappa shape index (κ2) is 12.8. The fraction of sp³-hybridized carbons (Fsp3) is 0.424. The molecule has 8 heteroatoms. The van der Waals surface area contributed by atoms with Gasteiger partial charge in [0, 0.05) is 80.9 Å². The van der Waals surface area contributed by atoms with Gasteiger partial charge in [-0.05, 0) is 80.9 Å². The van der Waals surface area contributed by atoms with Crippen LogP contribution < -0.4 is 9.64 Å². The predicted octanol–water partition coefficient (Wildman–Crippen LogP) is 4.58. The van der Waals surface area contributed by atoms with Crippen LogP contribution in [0, 0.1) is 0 Å². The normalized spacial score (nSPS) is 19.5. The Kier molecular flexibility index (Phi) is 9.00. The molecule has 0 radical (unpaired) electrons. The first-order chi connectivity index (χ1) is 19.8. The average Bonchev–Trinajstić information content (AvgIpc) is 3.32. The molecule has 3 heterocycles. The van der Waals surface area contributed by atoms with Gasteiger partial charge >= 0.3 is 0 Å². The number of anilines is 1. The summed E-state index contributed by atoms with van der Waals surface area (Å²) in [7, 11) is 5.68. The molecule has 0 aliphatic carbocycles. The lowest BCUT2D eigenvalue weighted by atomic mass is 10.0. The second-order valence-electron chi connectivity index (χ2n) is 11.5. The zero-order chi connectivity index (χ0) is 28.9. The minimum Gasteiger partial charge on any atom is -0.496 e. The quantitative estimate of drug-likeness (QED) is 0.444. The van der Waals surface area contributed by atoms with Crippen molar-refractivity contribution in [3.8, 4) is 5.75 Å². The van der Waals surface area contributed by atoms with E-state index in [4.69, 9.17) is 4.74 Å². The molecule has 41 heavy (non-hydrogen) atoms. The van der Waals surface area contributed by atoms with Crippen molar-refractivity contribution < 1.29 is 14.3 Å². The summed E-state index contributed by atoms with van der Waals surface area (Å²) in [5.41, 5.74) is 4.70. The van der Waals surface area contributed by atoms with Crippen LogP contribution in [0.4, 0.5) is 5.69 Å². The van der Waals surface area contributed by atoms with E-state index in [1.54, 1.807) is 14.0 Å². The van der Waals surface area contributed by atoms with Crippen molar-refractivity contribution in [2.75, 3.05) is 39.2 Å². The standard InChI is InChI=1S/C33H41N5O3/c1-24(39)37-18-15-29-10-11-30(38(29)20-25-13-16-34-17-14-25)23-36(22-27-7-5-6-8-31(27)37)33(40)26-9-12-32(41-4)28(19-26)21-35(2)3/h5-9,12-14,16-17,19,29-30H,10-11,15,18,20-23H2,1-4H3/t29-,30+/m1/s1. The van der Waals surface area contributed by atoms with E-state index in [0.29, 0.717) is 37.8 Å². The number of fused-ring (bicyclic) bond motifs is 3. The van der Waals surface area contributed by atoms with Gasteiger partial charge in [-0.3, -0.25) is 19.5 Å². The Bertz CT molecular complexity index is 1360. The molecule has 0 spiro atoms. The Balaban J connectivity index is 1.54. The predicted molar refractivity (Wildman–Crippen MR) is 161 cm³/mol. The highest BCUT2D eigenvalue weighted by atomic mass is 16.5. The second-order valence-corrected chi connectivity index (χ2v) is 11.5. The van der Waals surface area contributed by atoms with Crippen LogP contribution in [-0.4, -0.2) is 77.9 Å². The van der Waals surface area contributed by atoms with Gasteiger partial charge in [0.15, 0.2) is 0 Å². The number of carbonyl (C=O) groups excluding carboxylic acids is 2. The molecule has 2 aliphatic heterocycles. The number of hydrogen-bond donors (Lipinski definition) is 0. The fourth-order valence-electron chi connectivity index (χ4n) is 6.35. The van der Waals surface area contributed by atoms with Crippen LogP contribution in [0.1, 0.15) is 53.2 Å². The van der Waals surface area contributed by atoms with Crippen molar-refractivity contribution in [1.82, 2.24) is 19.7 Å². The summed E-state index contributed by atoms with van der Waals surface area (Å²) in [6.45, 7) is 4.79. The number of aromatic nitrogens is 1. The van der Waals surface area contributed by atoms with Gasteiger partial charge < -0.3 is 19.4 Å². The van der Waals surface area contributed by atoms with Crippen molar-refractivity contribution in [1.29, 1.82) is 0 Å². The third-order valence-electron chi connectivity index (χ3n) is 8.33. The van der Waals surface area contributed by atoms with Crippen LogP contribution in [0.5, 0.6) is 5.75 Å². The molecular formula is C33H41N5O3. The van der Waals surface area contributed by atoms with E-state index in [1.807, 2.05) is 78.8 Å². The summed E-state index contributed by atoms with van der Waals surface area (Å²) in [4.78, 5) is 39.9. The van der Waals surface area contributed by atoms with Crippen molar-refractivity contribution in [3.05, 3.63) is 89.2 Å².